The maximum Gasteiger partial charge on any atom is 0.272 e. The molecule has 2 aromatic rings. The fourth-order valence-corrected chi connectivity index (χ4v) is 1.76. The van der Waals surface area contributed by atoms with Gasteiger partial charge in [0.2, 0.25) is 0 Å². The topological polar surface area (TPSA) is 70.7 Å². The molecule has 2 rings (SSSR count). The molecule has 1 unspecified atom stereocenters. The van der Waals surface area contributed by atoms with Crippen LogP contribution in [-0.2, 0) is 0 Å². The van der Waals surface area contributed by atoms with Crippen molar-refractivity contribution in [1.82, 2.24) is 20.3 Å². The largest absolute Gasteiger partial charge is 0.347 e. The molecule has 0 aliphatic carbocycles. The summed E-state index contributed by atoms with van der Waals surface area (Å²) in [5.74, 6) is 0.257. The number of rotatable bonds is 3. The summed E-state index contributed by atoms with van der Waals surface area (Å²) in [6.45, 7) is 1.80. The lowest BCUT2D eigenvalue weighted by atomic mass is 10.3. The van der Waals surface area contributed by atoms with Crippen LogP contribution in [0.25, 0.3) is 0 Å². The molecule has 0 radical (unpaired) electrons. The molecule has 2 heterocycles. The highest BCUT2D eigenvalue weighted by atomic mass is 35.5. The molecular formula is C11H10Cl2N4O. The number of carbonyl (C=O) groups excluding carboxylic acids is 1. The van der Waals surface area contributed by atoms with Gasteiger partial charge in [-0.1, -0.05) is 23.2 Å². The van der Waals surface area contributed by atoms with Gasteiger partial charge in [0.25, 0.3) is 5.91 Å². The Labute approximate surface area is 114 Å². The number of imidazole rings is 1. The van der Waals surface area contributed by atoms with E-state index in [2.05, 4.69) is 20.3 Å². The third-order valence-electron chi connectivity index (χ3n) is 2.30. The van der Waals surface area contributed by atoms with E-state index in [1.807, 2.05) is 0 Å². The number of carbonyl (C=O) groups is 1. The first-order valence-electron chi connectivity index (χ1n) is 5.20. The van der Waals surface area contributed by atoms with E-state index in [9.17, 15) is 4.79 Å². The number of nitrogens with one attached hydrogen (secondary N) is 2. The number of aromatic nitrogens is 3. The molecule has 7 heteroatoms. The van der Waals surface area contributed by atoms with Gasteiger partial charge >= 0.3 is 0 Å². The fraction of sp³-hybridized carbons (Fsp3) is 0.182. The minimum atomic E-state index is -0.397. The van der Waals surface area contributed by atoms with Crippen molar-refractivity contribution >= 4 is 29.1 Å². The van der Waals surface area contributed by atoms with E-state index in [1.165, 1.54) is 12.1 Å². The molecule has 0 fully saturated rings. The highest BCUT2D eigenvalue weighted by molar-refractivity contribution is 6.34. The number of hydrogen-bond donors (Lipinski definition) is 2. The smallest absolute Gasteiger partial charge is 0.272 e. The van der Waals surface area contributed by atoms with Crippen LogP contribution in [0.5, 0.6) is 0 Å². The molecule has 0 saturated carbocycles. The van der Waals surface area contributed by atoms with Gasteiger partial charge in [-0.3, -0.25) is 4.79 Å². The van der Waals surface area contributed by atoms with Crippen molar-refractivity contribution in [2.75, 3.05) is 0 Å². The van der Waals surface area contributed by atoms with Gasteiger partial charge < -0.3 is 10.3 Å². The SMILES string of the molecule is CC(NC(=O)c1nc(Cl)ccc1Cl)c1ncc[nH]1. The third-order valence-corrected chi connectivity index (χ3v) is 2.82. The second kappa shape index (κ2) is 5.37. The Bertz CT molecular complexity index is 556. The molecule has 0 bridgehead atoms. The Kier molecular flexibility index (Phi) is 3.84. The van der Waals surface area contributed by atoms with E-state index in [0.717, 1.165) is 0 Å². The minimum Gasteiger partial charge on any atom is -0.347 e. The molecule has 2 aromatic heterocycles. The van der Waals surface area contributed by atoms with E-state index in [0.29, 0.717) is 5.82 Å². The number of pyridine rings is 1. The average molecular weight is 285 g/mol. The summed E-state index contributed by atoms with van der Waals surface area (Å²) in [7, 11) is 0. The normalized spacial score (nSPS) is 12.2. The quantitative estimate of drug-likeness (QED) is 0.851. The van der Waals surface area contributed by atoms with Crippen LogP contribution in [0.2, 0.25) is 10.2 Å². The average Bonchev–Trinajstić information content (AvgIpc) is 2.85. The van der Waals surface area contributed by atoms with Crippen molar-refractivity contribution in [3.63, 3.8) is 0 Å². The summed E-state index contributed by atoms with van der Waals surface area (Å²) in [5.41, 5.74) is 0.0996. The van der Waals surface area contributed by atoms with E-state index in [4.69, 9.17) is 23.2 Å². The molecular weight excluding hydrogens is 275 g/mol. The lowest BCUT2D eigenvalue weighted by molar-refractivity contribution is 0.0933. The summed E-state index contributed by atoms with van der Waals surface area (Å²) in [6, 6.07) is 2.78. The molecule has 0 aromatic carbocycles. The zero-order valence-corrected chi connectivity index (χ0v) is 11.0. The fourth-order valence-electron chi connectivity index (χ4n) is 1.43. The number of halogens is 2. The first-order valence-corrected chi connectivity index (χ1v) is 5.95. The maximum absolute atomic E-state index is 12.0. The molecule has 0 aliphatic rings. The zero-order valence-electron chi connectivity index (χ0n) is 9.45. The Morgan fingerprint density at radius 2 is 2.22 bits per heavy atom. The minimum absolute atomic E-state index is 0.0996. The van der Waals surface area contributed by atoms with Gasteiger partial charge in [-0.15, -0.1) is 0 Å². The van der Waals surface area contributed by atoms with Gasteiger partial charge in [-0.05, 0) is 19.1 Å². The number of nitrogens with zero attached hydrogens (tertiary/aromatic N) is 2. The second-order valence-corrected chi connectivity index (χ2v) is 4.43. The molecule has 1 atom stereocenters. The predicted octanol–water partition coefficient (Wildman–Crippen LogP) is 2.60. The molecule has 2 N–H and O–H groups in total. The van der Waals surface area contributed by atoms with Crippen LogP contribution in [0.3, 0.4) is 0 Å². The summed E-state index contributed by atoms with van der Waals surface area (Å²) < 4.78 is 0. The summed E-state index contributed by atoms with van der Waals surface area (Å²) >= 11 is 11.6. The first kappa shape index (κ1) is 12.9. The molecule has 5 nitrogen and oxygen atoms in total. The maximum atomic E-state index is 12.0. The van der Waals surface area contributed by atoms with Crippen LogP contribution >= 0.6 is 23.2 Å². The van der Waals surface area contributed by atoms with Crippen molar-refractivity contribution in [2.24, 2.45) is 0 Å². The van der Waals surface area contributed by atoms with Gasteiger partial charge in [0.15, 0.2) is 0 Å². The Morgan fingerprint density at radius 3 is 2.89 bits per heavy atom. The monoisotopic (exact) mass is 284 g/mol. The number of hydrogen-bond acceptors (Lipinski definition) is 3. The van der Waals surface area contributed by atoms with Gasteiger partial charge in [0.1, 0.15) is 16.7 Å². The van der Waals surface area contributed by atoms with Crippen molar-refractivity contribution in [1.29, 1.82) is 0 Å². The van der Waals surface area contributed by atoms with Gasteiger partial charge in [0, 0.05) is 12.4 Å². The Balaban J connectivity index is 2.15. The predicted molar refractivity (Wildman–Crippen MR) is 68.7 cm³/mol. The third kappa shape index (κ3) is 2.80. The van der Waals surface area contributed by atoms with E-state index < -0.39 is 5.91 Å². The van der Waals surface area contributed by atoms with Crippen LogP contribution in [0.4, 0.5) is 0 Å². The molecule has 0 spiro atoms. The highest BCUT2D eigenvalue weighted by Gasteiger charge is 2.17. The van der Waals surface area contributed by atoms with Crippen LogP contribution in [-0.4, -0.2) is 20.9 Å². The summed E-state index contributed by atoms with van der Waals surface area (Å²) in [5, 5.41) is 3.20. The van der Waals surface area contributed by atoms with E-state index >= 15 is 0 Å². The summed E-state index contributed by atoms with van der Waals surface area (Å²) in [4.78, 5) is 22.8. The van der Waals surface area contributed by atoms with Crippen LogP contribution < -0.4 is 5.32 Å². The second-order valence-electron chi connectivity index (χ2n) is 3.63. The van der Waals surface area contributed by atoms with E-state index in [1.54, 1.807) is 19.3 Å². The number of H-pyrrole nitrogens is 1. The van der Waals surface area contributed by atoms with Crippen LogP contribution in [0.1, 0.15) is 29.3 Å². The van der Waals surface area contributed by atoms with Gasteiger partial charge in [-0.2, -0.15) is 0 Å². The standard InChI is InChI=1S/C11H10Cl2N4O/c1-6(10-14-4-5-15-10)16-11(18)9-7(12)2-3-8(13)17-9/h2-6H,1H3,(H,14,15)(H,16,18). The van der Waals surface area contributed by atoms with Crippen molar-refractivity contribution in [3.05, 3.63) is 46.2 Å². The zero-order chi connectivity index (χ0) is 13.1. The number of aromatic amines is 1. The summed E-state index contributed by atoms with van der Waals surface area (Å²) in [6.07, 6.45) is 3.30. The van der Waals surface area contributed by atoms with Crippen molar-refractivity contribution in [3.8, 4) is 0 Å². The van der Waals surface area contributed by atoms with E-state index in [-0.39, 0.29) is 21.9 Å². The molecule has 94 valence electrons. The Morgan fingerprint density at radius 1 is 1.44 bits per heavy atom. The van der Waals surface area contributed by atoms with Crippen LogP contribution in [0, 0.1) is 0 Å². The lowest BCUT2D eigenvalue weighted by Crippen LogP contribution is -2.28. The number of amides is 1. The van der Waals surface area contributed by atoms with Gasteiger partial charge in [-0.25, -0.2) is 9.97 Å². The van der Waals surface area contributed by atoms with Crippen molar-refractivity contribution in [2.45, 2.75) is 13.0 Å². The molecule has 0 saturated heterocycles. The van der Waals surface area contributed by atoms with Crippen molar-refractivity contribution < 1.29 is 4.79 Å². The lowest BCUT2D eigenvalue weighted by Gasteiger charge is -2.11. The van der Waals surface area contributed by atoms with Gasteiger partial charge in [0.05, 0.1) is 11.1 Å². The first-order chi connectivity index (χ1) is 8.58. The molecule has 0 aliphatic heterocycles. The molecule has 1 amide bonds. The highest BCUT2D eigenvalue weighted by Crippen LogP contribution is 2.17. The molecule has 18 heavy (non-hydrogen) atoms. The Hall–Kier alpha value is -1.59. The van der Waals surface area contributed by atoms with Crippen LogP contribution in [0.15, 0.2) is 24.5 Å².